The Kier molecular flexibility index (Phi) is 3.86. The monoisotopic (exact) mass is 341 g/mol. The van der Waals surface area contributed by atoms with Crippen LogP contribution >= 0.6 is 11.3 Å². The van der Waals surface area contributed by atoms with Gasteiger partial charge in [-0.1, -0.05) is 12.1 Å². The van der Waals surface area contributed by atoms with Crippen LogP contribution in [-0.4, -0.2) is 23.2 Å². The summed E-state index contributed by atoms with van der Waals surface area (Å²) in [6, 6.07) is 7.73. The van der Waals surface area contributed by atoms with Gasteiger partial charge in [0.2, 0.25) is 0 Å². The SMILES string of the molecule is COc1cccc([C@@H](C)n2cnc3sc4c(c3c2=O)CCNC4)c1. The third-order valence-corrected chi connectivity index (χ3v) is 5.79. The largest absolute Gasteiger partial charge is 0.497 e. The summed E-state index contributed by atoms with van der Waals surface area (Å²) in [5, 5.41) is 4.16. The Morgan fingerprint density at radius 2 is 2.29 bits per heavy atom. The maximum absolute atomic E-state index is 13.1. The Balaban J connectivity index is 1.84. The van der Waals surface area contributed by atoms with Crippen LogP contribution in [0.15, 0.2) is 35.4 Å². The lowest BCUT2D eigenvalue weighted by molar-refractivity contribution is 0.413. The molecule has 6 heteroatoms. The van der Waals surface area contributed by atoms with Gasteiger partial charge in [-0.15, -0.1) is 11.3 Å². The smallest absolute Gasteiger partial charge is 0.262 e. The van der Waals surface area contributed by atoms with Crippen molar-refractivity contribution in [2.24, 2.45) is 0 Å². The van der Waals surface area contributed by atoms with Crippen molar-refractivity contribution in [3.8, 4) is 5.75 Å². The molecule has 0 aliphatic carbocycles. The van der Waals surface area contributed by atoms with Gasteiger partial charge < -0.3 is 10.1 Å². The van der Waals surface area contributed by atoms with E-state index < -0.39 is 0 Å². The molecule has 3 heterocycles. The lowest BCUT2D eigenvalue weighted by atomic mass is 10.1. The first-order chi connectivity index (χ1) is 11.7. The number of rotatable bonds is 3. The molecule has 0 radical (unpaired) electrons. The number of aromatic nitrogens is 2. The standard InChI is InChI=1S/C18H19N3O2S/c1-11(12-4-3-5-13(8-12)23-2)21-10-20-17-16(18(21)22)14-6-7-19-9-15(14)24-17/h3-5,8,10-11,19H,6-7,9H2,1-2H3/t11-/m1/s1. The van der Waals surface area contributed by atoms with E-state index >= 15 is 0 Å². The third kappa shape index (κ3) is 2.42. The van der Waals surface area contributed by atoms with E-state index in [1.54, 1.807) is 29.3 Å². The summed E-state index contributed by atoms with van der Waals surface area (Å²) in [4.78, 5) is 19.8. The van der Waals surface area contributed by atoms with Crippen molar-refractivity contribution in [1.82, 2.24) is 14.9 Å². The van der Waals surface area contributed by atoms with Crippen molar-refractivity contribution in [3.63, 3.8) is 0 Å². The predicted molar refractivity (Wildman–Crippen MR) is 96.1 cm³/mol. The van der Waals surface area contributed by atoms with Crippen LogP contribution in [0.3, 0.4) is 0 Å². The quantitative estimate of drug-likeness (QED) is 0.796. The number of nitrogens with zero attached hydrogens (tertiary/aromatic N) is 2. The molecule has 4 rings (SSSR count). The summed E-state index contributed by atoms with van der Waals surface area (Å²) in [7, 11) is 1.65. The Hall–Kier alpha value is -2.18. The van der Waals surface area contributed by atoms with E-state index in [2.05, 4.69) is 10.3 Å². The highest BCUT2D eigenvalue weighted by Gasteiger charge is 2.21. The molecule has 0 saturated heterocycles. The maximum Gasteiger partial charge on any atom is 0.262 e. The van der Waals surface area contributed by atoms with E-state index in [0.29, 0.717) is 0 Å². The average Bonchev–Trinajstić information content (AvgIpc) is 3.01. The maximum atomic E-state index is 13.1. The number of thiophene rings is 1. The fraction of sp³-hybridized carbons (Fsp3) is 0.333. The van der Waals surface area contributed by atoms with Gasteiger partial charge in [0.25, 0.3) is 5.56 Å². The Morgan fingerprint density at radius 3 is 3.12 bits per heavy atom. The van der Waals surface area contributed by atoms with Crippen molar-refractivity contribution in [1.29, 1.82) is 0 Å². The molecule has 1 N–H and O–H groups in total. The number of hydrogen-bond acceptors (Lipinski definition) is 5. The Labute approximate surface area is 143 Å². The minimum Gasteiger partial charge on any atom is -0.497 e. The molecule has 0 saturated carbocycles. The van der Waals surface area contributed by atoms with E-state index in [4.69, 9.17) is 4.74 Å². The summed E-state index contributed by atoms with van der Waals surface area (Å²) < 4.78 is 7.02. The highest BCUT2D eigenvalue weighted by atomic mass is 32.1. The second-order valence-corrected chi connectivity index (χ2v) is 7.10. The summed E-state index contributed by atoms with van der Waals surface area (Å²) in [6.45, 7) is 3.77. The number of hydrogen-bond donors (Lipinski definition) is 1. The first-order valence-electron chi connectivity index (χ1n) is 8.05. The molecule has 5 nitrogen and oxygen atoms in total. The van der Waals surface area contributed by atoms with Crippen LogP contribution in [0.2, 0.25) is 0 Å². The highest BCUT2D eigenvalue weighted by molar-refractivity contribution is 7.18. The summed E-state index contributed by atoms with van der Waals surface area (Å²) in [6.07, 6.45) is 2.56. The fourth-order valence-electron chi connectivity index (χ4n) is 3.27. The van der Waals surface area contributed by atoms with E-state index in [9.17, 15) is 4.79 Å². The minimum absolute atomic E-state index is 0.0507. The second-order valence-electron chi connectivity index (χ2n) is 6.02. The van der Waals surface area contributed by atoms with E-state index in [1.807, 2.05) is 31.2 Å². The first kappa shape index (κ1) is 15.4. The van der Waals surface area contributed by atoms with Gasteiger partial charge in [-0.25, -0.2) is 4.98 Å². The molecule has 1 atom stereocenters. The van der Waals surface area contributed by atoms with Gasteiger partial charge in [0, 0.05) is 11.4 Å². The zero-order valence-corrected chi connectivity index (χ0v) is 14.5. The molecule has 24 heavy (non-hydrogen) atoms. The van der Waals surface area contributed by atoms with Crippen LogP contribution in [0.5, 0.6) is 5.75 Å². The first-order valence-corrected chi connectivity index (χ1v) is 8.86. The van der Waals surface area contributed by atoms with Gasteiger partial charge in [-0.2, -0.15) is 0 Å². The van der Waals surface area contributed by atoms with Crippen molar-refractivity contribution >= 4 is 21.6 Å². The minimum atomic E-state index is -0.0956. The van der Waals surface area contributed by atoms with E-state index in [0.717, 1.165) is 41.0 Å². The lowest BCUT2D eigenvalue weighted by Gasteiger charge is -2.16. The van der Waals surface area contributed by atoms with Crippen molar-refractivity contribution in [3.05, 3.63) is 57.0 Å². The molecule has 1 aliphatic rings. The van der Waals surface area contributed by atoms with Gasteiger partial charge in [-0.05, 0) is 43.1 Å². The molecular formula is C18H19N3O2S. The van der Waals surface area contributed by atoms with Crippen LogP contribution in [0.4, 0.5) is 0 Å². The second kappa shape index (κ2) is 6.03. The lowest BCUT2D eigenvalue weighted by Crippen LogP contribution is -2.26. The van der Waals surface area contributed by atoms with Crippen molar-refractivity contribution in [2.75, 3.05) is 13.7 Å². The molecule has 2 aromatic heterocycles. The van der Waals surface area contributed by atoms with E-state index in [1.165, 1.54) is 10.4 Å². The Morgan fingerprint density at radius 1 is 1.42 bits per heavy atom. The number of nitrogens with one attached hydrogen (secondary N) is 1. The molecule has 0 fully saturated rings. The topological polar surface area (TPSA) is 56.2 Å². The molecule has 0 amide bonds. The number of fused-ring (bicyclic) bond motifs is 3. The zero-order valence-electron chi connectivity index (χ0n) is 13.7. The summed E-state index contributed by atoms with van der Waals surface area (Å²) >= 11 is 1.63. The van der Waals surface area contributed by atoms with Gasteiger partial charge in [0.05, 0.1) is 24.9 Å². The molecule has 0 spiro atoms. The molecular weight excluding hydrogens is 322 g/mol. The van der Waals surface area contributed by atoms with Crippen LogP contribution in [0.25, 0.3) is 10.2 Å². The number of methoxy groups -OCH3 is 1. The van der Waals surface area contributed by atoms with Crippen LogP contribution in [0.1, 0.15) is 29.0 Å². The van der Waals surface area contributed by atoms with Crippen LogP contribution in [0, 0.1) is 0 Å². The molecule has 0 unspecified atom stereocenters. The molecule has 1 aromatic carbocycles. The zero-order chi connectivity index (χ0) is 16.7. The third-order valence-electron chi connectivity index (χ3n) is 4.65. The molecule has 1 aliphatic heterocycles. The summed E-state index contributed by atoms with van der Waals surface area (Å²) in [5.74, 6) is 0.792. The van der Waals surface area contributed by atoms with Gasteiger partial charge in [0.15, 0.2) is 0 Å². The van der Waals surface area contributed by atoms with Gasteiger partial charge in [-0.3, -0.25) is 9.36 Å². The normalized spacial score (nSPS) is 15.2. The number of ether oxygens (including phenoxy) is 1. The van der Waals surface area contributed by atoms with Crippen LogP contribution < -0.4 is 15.6 Å². The Bertz CT molecular complexity index is 961. The van der Waals surface area contributed by atoms with E-state index in [-0.39, 0.29) is 11.6 Å². The van der Waals surface area contributed by atoms with Gasteiger partial charge in [0.1, 0.15) is 10.6 Å². The van der Waals surface area contributed by atoms with Crippen molar-refractivity contribution < 1.29 is 4.74 Å². The van der Waals surface area contributed by atoms with Gasteiger partial charge >= 0.3 is 0 Å². The fourth-order valence-corrected chi connectivity index (χ4v) is 4.41. The molecule has 3 aromatic rings. The summed E-state index contributed by atoms with van der Waals surface area (Å²) in [5.41, 5.74) is 2.26. The average molecular weight is 341 g/mol. The highest BCUT2D eigenvalue weighted by Crippen LogP contribution is 2.30. The molecule has 124 valence electrons. The molecule has 0 bridgehead atoms. The predicted octanol–water partition coefficient (Wildman–Crippen LogP) is 2.72. The van der Waals surface area contributed by atoms with Crippen molar-refractivity contribution in [2.45, 2.75) is 25.9 Å². The van der Waals surface area contributed by atoms with Crippen LogP contribution in [-0.2, 0) is 13.0 Å². The number of benzene rings is 1.